The average molecular weight is 352 g/mol. The summed E-state index contributed by atoms with van der Waals surface area (Å²) >= 11 is 0. The van der Waals surface area contributed by atoms with Crippen molar-refractivity contribution in [2.75, 3.05) is 7.05 Å². The van der Waals surface area contributed by atoms with Crippen LogP contribution in [0.25, 0.3) is 5.57 Å². The summed E-state index contributed by atoms with van der Waals surface area (Å²) in [6, 6.07) is 8.84. The van der Waals surface area contributed by atoms with Gasteiger partial charge in [0.15, 0.2) is 5.96 Å². The predicted octanol–water partition coefficient (Wildman–Crippen LogP) is 2.95. The second kappa shape index (κ2) is 7.16. The monoisotopic (exact) mass is 352 g/mol. The van der Waals surface area contributed by atoms with Crippen molar-refractivity contribution in [1.82, 2.24) is 15.5 Å². The van der Waals surface area contributed by atoms with Crippen LogP contribution in [0.1, 0.15) is 50.2 Å². The molecule has 1 aromatic rings. The number of allylic oxidation sites excluding steroid dienone is 2. The summed E-state index contributed by atoms with van der Waals surface area (Å²) in [6.45, 7) is 2.23. The lowest BCUT2D eigenvalue weighted by Gasteiger charge is -2.45. The fourth-order valence-corrected chi connectivity index (χ4v) is 4.39. The van der Waals surface area contributed by atoms with E-state index in [1.165, 1.54) is 48.1 Å². The predicted molar refractivity (Wildman–Crippen MR) is 105 cm³/mol. The quantitative estimate of drug-likeness (QED) is 0.783. The maximum atomic E-state index is 9.50. The molecule has 1 unspecified atom stereocenters. The molecule has 4 rings (SSSR count). The summed E-state index contributed by atoms with van der Waals surface area (Å²) in [5, 5.41) is 16.5. The van der Waals surface area contributed by atoms with Crippen LogP contribution >= 0.6 is 0 Å². The van der Waals surface area contributed by atoms with Crippen molar-refractivity contribution in [3.8, 4) is 0 Å². The van der Waals surface area contributed by atoms with E-state index in [1.54, 1.807) is 0 Å². The molecule has 5 heteroatoms. The molecule has 0 saturated heterocycles. The number of nitrogens with zero attached hydrogens (tertiary/aromatic N) is 2. The maximum Gasteiger partial charge on any atom is 0.197 e. The van der Waals surface area contributed by atoms with E-state index in [9.17, 15) is 5.11 Å². The van der Waals surface area contributed by atoms with Gasteiger partial charge in [-0.15, -0.1) is 0 Å². The summed E-state index contributed by atoms with van der Waals surface area (Å²) < 4.78 is 0. The third kappa shape index (κ3) is 3.12. The minimum Gasteiger partial charge on any atom is -0.392 e. The first-order chi connectivity index (χ1) is 12.7. The van der Waals surface area contributed by atoms with Crippen molar-refractivity contribution in [2.45, 2.75) is 57.8 Å². The van der Waals surface area contributed by atoms with E-state index in [0.29, 0.717) is 6.04 Å². The Morgan fingerprint density at radius 1 is 1.27 bits per heavy atom. The molecule has 1 saturated carbocycles. The van der Waals surface area contributed by atoms with Gasteiger partial charge in [-0.2, -0.15) is 0 Å². The van der Waals surface area contributed by atoms with Gasteiger partial charge in [0.05, 0.1) is 6.61 Å². The van der Waals surface area contributed by atoms with E-state index in [4.69, 9.17) is 0 Å². The number of guanidine groups is 1. The summed E-state index contributed by atoms with van der Waals surface area (Å²) in [6.07, 6.45) is 8.55. The van der Waals surface area contributed by atoms with E-state index in [-0.39, 0.29) is 12.8 Å². The molecule has 2 aliphatic heterocycles. The Kier molecular flexibility index (Phi) is 4.72. The molecule has 138 valence electrons. The number of aliphatic imine (C=N–C) groups is 1. The molecular formula is C21H28N4O. The van der Waals surface area contributed by atoms with E-state index < -0.39 is 0 Å². The van der Waals surface area contributed by atoms with E-state index in [1.807, 2.05) is 19.2 Å². The van der Waals surface area contributed by atoms with Crippen molar-refractivity contribution in [1.29, 1.82) is 0 Å². The van der Waals surface area contributed by atoms with Gasteiger partial charge in [0.25, 0.3) is 0 Å². The summed E-state index contributed by atoms with van der Waals surface area (Å²) in [5.41, 5.74) is 6.06. The SMILES string of the molecule is CN=C1NC(C)=C2CC(c3cccc(CO)c3)=CN(C3CCCC3)C2N1. The standard InChI is InChI=1S/C21H28N4O/c1-14-19-11-17(16-7-5-6-15(10-16)13-26)12-25(18-8-3-4-9-18)20(19)24-21(22-2)23-14/h5-7,10,12,18,20,26H,3-4,8-9,11,13H2,1-2H3,(H2,22,23,24). The summed E-state index contributed by atoms with van der Waals surface area (Å²) in [4.78, 5) is 6.85. The number of benzene rings is 1. The fraction of sp³-hybridized carbons (Fsp3) is 0.476. The second-order valence-electron chi connectivity index (χ2n) is 7.47. The highest BCUT2D eigenvalue weighted by molar-refractivity contribution is 5.84. The van der Waals surface area contributed by atoms with Crippen molar-refractivity contribution in [3.05, 3.63) is 52.9 Å². The third-order valence-electron chi connectivity index (χ3n) is 5.83. The second-order valence-corrected chi connectivity index (χ2v) is 7.47. The van der Waals surface area contributed by atoms with Crippen LogP contribution < -0.4 is 10.6 Å². The first kappa shape index (κ1) is 17.2. The molecule has 1 aromatic carbocycles. The Morgan fingerprint density at radius 2 is 2.08 bits per heavy atom. The number of nitrogens with one attached hydrogen (secondary N) is 2. The zero-order chi connectivity index (χ0) is 18.1. The molecule has 26 heavy (non-hydrogen) atoms. The zero-order valence-corrected chi connectivity index (χ0v) is 15.6. The van der Waals surface area contributed by atoms with Crippen LogP contribution in [0.15, 0.2) is 46.7 Å². The molecule has 5 nitrogen and oxygen atoms in total. The lowest BCUT2D eigenvalue weighted by atomic mass is 9.90. The van der Waals surface area contributed by atoms with Gasteiger partial charge >= 0.3 is 0 Å². The van der Waals surface area contributed by atoms with Crippen molar-refractivity contribution in [2.24, 2.45) is 4.99 Å². The molecule has 1 aliphatic carbocycles. The molecule has 0 aromatic heterocycles. The number of aliphatic hydroxyl groups excluding tert-OH is 1. The van der Waals surface area contributed by atoms with Gasteiger partial charge in [-0.1, -0.05) is 31.0 Å². The molecule has 2 heterocycles. The Bertz CT molecular complexity index is 774. The number of hydrogen-bond acceptors (Lipinski definition) is 3. The van der Waals surface area contributed by atoms with Gasteiger partial charge in [0, 0.05) is 31.4 Å². The Hall–Kier alpha value is -2.27. The van der Waals surface area contributed by atoms with Crippen LogP contribution in [0.2, 0.25) is 0 Å². The van der Waals surface area contributed by atoms with Gasteiger partial charge in [-0.3, -0.25) is 4.99 Å². The molecule has 0 spiro atoms. The average Bonchev–Trinajstić information content (AvgIpc) is 3.22. The smallest absolute Gasteiger partial charge is 0.197 e. The van der Waals surface area contributed by atoms with Crippen LogP contribution in [-0.4, -0.2) is 35.2 Å². The third-order valence-corrected chi connectivity index (χ3v) is 5.83. The highest BCUT2D eigenvalue weighted by Crippen LogP contribution is 2.38. The van der Waals surface area contributed by atoms with Crippen LogP contribution in [0.3, 0.4) is 0 Å². The van der Waals surface area contributed by atoms with Gasteiger partial charge in [-0.25, -0.2) is 0 Å². The lowest BCUT2D eigenvalue weighted by Crippen LogP contribution is -2.58. The molecule has 3 aliphatic rings. The highest BCUT2D eigenvalue weighted by Gasteiger charge is 2.36. The Morgan fingerprint density at radius 3 is 2.81 bits per heavy atom. The van der Waals surface area contributed by atoms with Crippen LogP contribution in [0.4, 0.5) is 0 Å². The minimum absolute atomic E-state index is 0.0806. The lowest BCUT2D eigenvalue weighted by molar-refractivity contribution is 0.204. The van der Waals surface area contributed by atoms with Crippen molar-refractivity contribution >= 4 is 11.5 Å². The normalized spacial score (nSPS) is 25.0. The van der Waals surface area contributed by atoms with Crippen LogP contribution in [0, 0.1) is 0 Å². The first-order valence-corrected chi connectivity index (χ1v) is 9.58. The largest absolute Gasteiger partial charge is 0.392 e. The van der Waals surface area contributed by atoms with Gasteiger partial charge in [-0.05, 0) is 48.1 Å². The van der Waals surface area contributed by atoms with E-state index in [0.717, 1.165) is 17.9 Å². The highest BCUT2D eigenvalue weighted by atomic mass is 16.3. The molecule has 0 amide bonds. The van der Waals surface area contributed by atoms with E-state index in [2.05, 4.69) is 45.8 Å². The van der Waals surface area contributed by atoms with Gasteiger partial charge in [0.1, 0.15) is 6.17 Å². The summed E-state index contributed by atoms with van der Waals surface area (Å²) in [5.74, 6) is 0.846. The van der Waals surface area contributed by atoms with Gasteiger partial charge < -0.3 is 20.6 Å². The number of hydrogen-bond donors (Lipinski definition) is 3. The molecule has 3 N–H and O–H groups in total. The van der Waals surface area contributed by atoms with Gasteiger partial charge in [0.2, 0.25) is 0 Å². The molecule has 1 atom stereocenters. The van der Waals surface area contributed by atoms with E-state index >= 15 is 0 Å². The Balaban J connectivity index is 1.75. The van der Waals surface area contributed by atoms with Crippen LogP contribution in [-0.2, 0) is 6.61 Å². The van der Waals surface area contributed by atoms with Crippen molar-refractivity contribution in [3.63, 3.8) is 0 Å². The maximum absolute atomic E-state index is 9.50. The molecule has 1 fully saturated rings. The summed E-state index contributed by atoms with van der Waals surface area (Å²) in [7, 11) is 1.82. The first-order valence-electron chi connectivity index (χ1n) is 9.58. The zero-order valence-electron chi connectivity index (χ0n) is 15.6. The molecule has 0 bridgehead atoms. The topological polar surface area (TPSA) is 59.9 Å². The number of aliphatic hydroxyl groups is 1. The minimum atomic E-state index is 0.0806. The molecular weight excluding hydrogens is 324 g/mol. The number of fused-ring (bicyclic) bond motifs is 1. The Labute approximate surface area is 155 Å². The molecule has 0 radical (unpaired) electrons. The van der Waals surface area contributed by atoms with Crippen molar-refractivity contribution < 1.29 is 5.11 Å². The fourth-order valence-electron chi connectivity index (χ4n) is 4.39. The van der Waals surface area contributed by atoms with Crippen LogP contribution in [0.5, 0.6) is 0 Å². The number of rotatable bonds is 3.